The number of rotatable bonds is 5. The molecule has 0 aliphatic heterocycles. The van der Waals surface area contributed by atoms with Gasteiger partial charge < -0.3 is 0 Å². The second-order valence-electron chi connectivity index (χ2n) is 5.26. The topological polar surface area (TPSA) is 56.0 Å². The summed E-state index contributed by atoms with van der Waals surface area (Å²) >= 11 is 8.71. The van der Waals surface area contributed by atoms with Crippen LogP contribution in [0.2, 0.25) is 5.02 Å². The smallest absolute Gasteiger partial charge is 0.278 e. The number of fused-ring (bicyclic) bond motifs is 1. The Morgan fingerprint density at radius 2 is 1.92 bits per heavy atom. The van der Waals surface area contributed by atoms with Gasteiger partial charge in [0.25, 0.3) is 6.43 Å². The van der Waals surface area contributed by atoms with Crippen molar-refractivity contribution < 1.29 is 8.78 Å². The fourth-order valence-corrected chi connectivity index (χ4v) is 4.21. The van der Waals surface area contributed by atoms with E-state index >= 15 is 0 Å². The van der Waals surface area contributed by atoms with Crippen molar-refractivity contribution in [2.45, 2.75) is 17.1 Å². The lowest BCUT2D eigenvalue weighted by Gasteiger charge is -2.05. The van der Waals surface area contributed by atoms with Crippen molar-refractivity contribution in [1.82, 2.24) is 24.8 Å². The highest BCUT2D eigenvalue weighted by Gasteiger charge is 2.19. The van der Waals surface area contributed by atoms with Crippen LogP contribution in [0.3, 0.4) is 0 Å². The van der Waals surface area contributed by atoms with Gasteiger partial charge in [0.15, 0.2) is 21.5 Å². The molecule has 3 heterocycles. The van der Waals surface area contributed by atoms with Crippen LogP contribution in [-0.4, -0.2) is 24.8 Å². The summed E-state index contributed by atoms with van der Waals surface area (Å²) in [6.45, 7) is 0. The zero-order valence-corrected chi connectivity index (χ0v) is 15.4. The first kappa shape index (κ1) is 17.3. The van der Waals surface area contributed by atoms with E-state index < -0.39 is 6.43 Å². The monoisotopic (exact) mass is 409 g/mol. The molecule has 0 saturated carbocycles. The molecule has 0 atom stereocenters. The first-order valence-electron chi connectivity index (χ1n) is 7.45. The minimum atomic E-state index is -2.67. The van der Waals surface area contributed by atoms with Gasteiger partial charge in [0.2, 0.25) is 0 Å². The lowest BCUT2D eigenvalue weighted by molar-refractivity contribution is 0.150. The van der Waals surface area contributed by atoms with E-state index in [-0.39, 0.29) is 10.0 Å². The van der Waals surface area contributed by atoms with Crippen molar-refractivity contribution >= 4 is 40.3 Å². The zero-order valence-electron chi connectivity index (χ0n) is 13.0. The van der Waals surface area contributed by atoms with Crippen LogP contribution in [0.5, 0.6) is 0 Å². The van der Waals surface area contributed by atoms with Crippen LogP contribution in [0, 0.1) is 0 Å². The van der Waals surface area contributed by atoms with Gasteiger partial charge in [0.1, 0.15) is 0 Å². The Kier molecular flexibility index (Phi) is 4.84. The summed E-state index contributed by atoms with van der Waals surface area (Å²) in [5, 5.41) is 15.7. The fraction of sp³-hybridized carbons (Fsp3) is 0.125. The van der Waals surface area contributed by atoms with E-state index in [0.29, 0.717) is 16.5 Å². The highest BCUT2D eigenvalue weighted by atomic mass is 35.5. The van der Waals surface area contributed by atoms with Crippen LogP contribution < -0.4 is 0 Å². The van der Waals surface area contributed by atoms with Crippen LogP contribution in [0.25, 0.3) is 16.5 Å². The quantitative estimate of drug-likeness (QED) is 0.427. The van der Waals surface area contributed by atoms with Gasteiger partial charge in [-0.1, -0.05) is 53.3 Å². The van der Waals surface area contributed by atoms with Gasteiger partial charge in [-0.05, 0) is 11.6 Å². The molecule has 0 aliphatic rings. The first-order chi connectivity index (χ1) is 12.6. The predicted octanol–water partition coefficient (Wildman–Crippen LogP) is 5.13. The van der Waals surface area contributed by atoms with Crippen LogP contribution in [0.1, 0.15) is 17.0 Å². The third kappa shape index (κ3) is 3.42. The van der Waals surface area contributed by atoms with E-state index in [0.717, 1.165) is 22.0 Å². The van der Waals surface area contributed by atoms with Gasteiger partial charge in [0.05, 0.1) is 5.02 Å². The van der Waals surface area contributed by atoms with Crippen molar-refractivity contribution in [2.75, 3.05) is 0 Å². The summed E-state index contributed by atoms with van der Waals surface area (Å²) in [5.41, 5.74) is 1.63. The van der Waals surface area contributed by atoms with Gasteiger partial charge in [-0.2, -0.15) is 0 Å². The molecule has 0 fully saturated rings. The van der Waals surface area contributed by atoms with Gasteiger partial charge in [-0.3, -0.25) is 4.40 Å². The van der Waals surface area contributed by atoms with Crippen molar-refractivity contribution in [3.05, 3.63) is 58.2 Å². The molecule has 0 spiro atoms. The SMILES string of the molecule is FC(F)c1nnc(-c2nnc3c(Cl)cc(SCc4ccccc4)cn23)s1. The molecule has 4 rings (SSSR count). The average molecular weight is 410 g/mol. The molecule has 26 heavy (non-hydrogen) atoms. The number of aromatic nitrogens is 5. The molecule has 0 bridgehead atoms. The molecule has 4 aromatic rings. The van der Waals surface area contributed by atoms with Crippen molar-refractivity contribution in [3.8, 4) is 10.8 Å². The number of hydrogen-bond donors (Lipinski definition) is 0. The molecule has 1 aromatic carbocycles. The minimum absolute atomic E-state index is 0.272. The third-order valence-electron chi connectivity index (χ3n) is 3.50. The Balaban J connectivity index is 1.68. The largest absolute Gasteiger partial charge is 0.291 e. The molecular formula is C16H10ClF2N5S2. The third-order valence-corrected chi connectivity index (χ3v) is 5.74. The van der Waals surface area contributed by atoms with E-state index in [9.17, 15) is 8.78 Å². The molecule has 3 aromatic heterocycles. The van der Waals surface area contributed by atoms with Crippen molar-refractivity contribution in [2.24, 2.45) is 0 Å². The zero-order chi connectivity index (χ0) is 18.1. The maximum absolute atomic E-state index is 12.8. The van der Waals surface area contributed by atoms with E-state index in [1.165, 1.54) is 5.56 Å². The predicted molar refractivity (Wildman–Crippen MR) is 97.9 cm³/mol. The Labute approximate surface area is 160 Å². The summed E-state index contributed by atoms with van der Waals surface area (Å²) in [5.74, 6) is 1.11. The Morgan fingerprint density at radius 1 is 1.12 bits per heavy atom. The number of halogens is 3. The molecule has 132 valence electrons. The molecule has 10 heteroatoms. The number of pyridine rings is 1. The van der Waals surface area contributed by atoms with Crippen LogP contribution in [0.15, 0.2) is 47.5 Å². The van der Waals surface area contributed by atoms with Crippen molar-refractivity contribution in [1.29, 1.82) is 0 Å². The molecule has 0 radical (unpaired) electrons. The molecule has 5 nitrogen and oxygen atoms in total. The molecule has 0 unspecified atom stereocenters. The van der Waals surface area contributed by atoms with Crippen LogP contribution >= 0.6 is 34.7 Å². The maximum atomic E-state index is 12.8. The Hall–Kier alpha value is -2.10. The number of alkyl halides is 2. The van der Waals surface area contributed by atoms with Gasteiger partial charge in [0, 0.05) is 16.8 Å². The van der Waals surface area contributed by atoms with Gasteiger partial charge in [-0.15, -0.1) is 32.2 Å². The molecule has 0 saturated heterocycles. The lowest BCUT2D eigenvalue weighted by Crippen LogP contribution is -1.91. The van der Waals surface area contributed by atoms with Crippen molar-refractivity contribution in [3.63, 3.8) is 0 Å². The fourth-order valence-electron chi connectivity index (χ4n) is 2.31. The van der Waals surface area contributed by atoms with E-state index in [2.05, 4.69) is 20.4 Å². The Morgan fingerprint density at radius 3 is 2.65 bits per heavy atom. The lowest BCUT2D eigenvalue weighted by atomic mass is 10.2. The second-order valence-corrected chi connectivity index (χ2v) is 7.73. The maximum Gasteiger partial charge on any atom is 0.291 e. The number of thioether (sulfide) groups is 1. The van der Waals surface area contributed by atoms with Gasteiger partial charge >= 0.3 is 0 Å². The van der Waals surface area contributed by atoms with Gasteiger partial charge in [-0.25, -0.2) is 8.78 Å². The van der Waals surface area contributed by atoms with Crippen LogP contribution in [0.4, 0.5) is 8.78 Å². The molecule has 0 aliphatic carbocycles. The Bertz CT molecular complexity index is 1050. The average Bonchev–Trinajstić information content (AvgIpc) is 3.28. The van der Waals surface area contributed by atoms with E-state index in [1.807, 2.05) is 42.6 Å². The highest BCUT2D eigenvalue weighted by Crippen LogP contribution is 2.32. The standard InChI is InChI=1S/C16H10ClF2N5S2/c17-11-6-10(25-8-9-4-2-1-3-5-9)7-24-13(11)20-21-14(24)16-23-22-15(26-16)12(18)19/h1-7,12H,8H2. The second kappa shape index (κ2) is 7.26. The van der Waals surface area contributed by atoms with Crippen LogP contribution in [-0.2, 0) is 5.75 Å². The van der Waals surface area contributed by atoms with E-state index in [4.69, 9.17) is 11.6 Å². The number of hydrogen-bond acceptors (Lipinski definition) is 6. The molecule has 0 amide bonds. The summed E-state index contributed by atoms with van der Waals surface area (Å²) in [4.78, 5) is 0.908. The first-order valence-corrected chi connectivity index (χ1v) is 9.63. The van der Waals surface area contributed by atoms with E-state index in [1.54, 1.807) is 16.2 Å². The highest BCUT2D eigenvalue weighted by molar-refractivity contribution is 7.98. The summed E-state index contributed by atoms with van der Waals surface area (Å²) in [6, 6.07) is 11.8. The minimum Gasteiger partial charge on any atom is -0.278 e. The summed E-state index contributed by atoms with van der Waals surface area (Å²) in [7, 11) is 0. The normalized spacial score (nSPS) is 11.5. The number of nitrogens with zero attached hydrogens (tertiary/aromatic N) is 5. The summed E-state index contributed by atoms with van der Waals surface area (Å²) in [6.07, 6.45) is -0.839. The summed E-state index contributed by atoms with van der Waals surface area (Å²) < 4.78 is 27.2. The number of benzene rings is 1. The molecular weight excluding hydrogens is 400 g/mol. The molecule has 0 N–H and O–H groups in total.